The van der Waals surface area contributed by atoms with Crippen molar-refractivity contribution in [2.24, 2.45) is 0 Å². The van der Waals surface area contributed by atoms with Crippen LogP contribution in [0.4, 0.5) is 0 Å². The molecule has 0 saturated heterocycles. The van der Waals surface area contributed by atoms with Gasteiger partial charge in [-0.3, -0.25) is 0 Å². The van der Waals surface area contributed by atoms with Crippen LogP contribution in [0.15, 0.2) is 0 Å². The van der Waals surface area contributed by atoms with Gasteiger partial charge in [0.1, 0.15) is 8.07 Å². The average molecular weight is 194 g/mol. The smallest absolute Gasteiger partial charge is 0.175 e. The summed E-state index contributed by atoms with van der Waals surface area (Å²) in [6.45, 7) is 6.53. The maximum absolute atomic E-state index is 9.12. The zero-order valence-electron chi connectivity index (χ0n) is 8.72. The first-order valence-electron chi connectivity index (χ1n) is 4.81. The second kappa shape index (κ2) is 5.86. The Kier molecular flexibility index (Phi) is 5.54. The van der Waals surface area contributed by atoms with Gasteiger partial charge in [0.05, 0.1) is 0 Å². The van der Waals surface area contributed by atoms with Gasteiger partial charge in [-0.2, -0.15) is 0 Å². The van der Waals surface area contributed by atoms with Crippen LogP contribution in [0.5, 0.6) is 0 Å². The zero-order valence-corrected chi connectivity index (χ0v) is 9.72. The fourth-order valence-corrected chi connectivity index (χ4v) is 3.75. The van der Waals surface area contributed by atoms with Crippen molar-refractivity contribution < 1.29 is 5.11 Å². The van der Waals surface area contributed by atoms with Crippen LogP contribution in [0.1, 0.15) is 20.8 Å². The highest BCUT2D eigenvalue weighted by Crippen LogP contribution is 2.18. The van der Waals surface area contributed by atoms with Crippen molar-refractivity contribution in [3.05, 3.63) is 0 Å². The molecule has 1 N–H and O–H groups in total. The van der Waals surface area contributed by atoms with Crippen molar-refractivity contribution >= 4 is 8.07 Å². The standard InChI is InChI=1S/C11H18OSi/c1-5-11(12)9-10-13(6-2,7-3)8-4/h1,11-12H,6-8H2,2-4H3/t11-/m0/s1. The molecule has 0 aromatic carbocycles. The van der Waals surface area contributed by atoms with Gasteiger partial charge in [-0.15, -0.1) is 12.0 Å². The van der Waals surface area contributed by atoms with Crippen molar-refractivity contribution in [3.8, 4) is 23.8 Å². The molecule has 0 heterocycles. The van der Waals surface area contributed by atoms with Crippen LogP contribution in [-0.4, -0.2) is 19.3 Å². The maximum Gasteiger partial charge on any atom is 0.175 e. The molecule has 0 spiro atoms. The third kappa shape index (κ3) is 3.68. The molecule has 0 saturated carbocycles. The van der Waals surface area contributed by atoms with Crippen molar-refractivity contribution in [3.63, 3.8) is 0 Å². The Morgan fingerprint density at radius 2 is 1.69 bits per heavy atom. The SMILES string of the molecule is C#C[C@H](O)C#C[Si](CC)(CC)CC. The molecule has 72 valence electrons. The Labute approximate surface area is 82.6 Å². The van der Waals surface area contributed by atoms with Crippen LogP contribution >= 0.6 is 0 Å². The topological polar surface area (TPSA) is 20.2 Å². The van der Waals surface area contributed by atoms with Crippen molar-refractivity contribution in [2.75, 3.05) is 0 Å². The predicted molar refractivity (Wildman–Crippen MR) is 59.8 cm³/mol. The van der Waals surface area contributed by atoms with Gasteiger partial charge in [-0.1, -0.05) is 32.6 Å². The fraction of sp³-hybridized carbons (Fsp3) is 0.636. The molecular weight excluding hydrogens is 176 g/mol. The Bertz CT molecular complexity index is 229. The van der Waals surface area contributed by atoms with Crippen molar-refractivity contribution in [1.29, 1.82) is 0 Å². The first-order valence-corrected chi connectivity index (χ1v) is 7.43. The summed E-state index contributed by atoms with van der Waals surface area (Å²) in [6.07, 6.45) is 4.16. The van der Waals surface area contributed by atoms with Gasteiger partial charge in [0.2, 0.25) is 0 Å². The van der Waals surface area contributed by atoms with E-state index in [1.807, 2.05) is 0 Å². The number of aliphatic hydroxyl groups is 1. The molecule has 0 aliphatic carbocycles. The molecule has 0 rings (SSSR count). The minimum Gasteiger partial charge on any atom is -0.369 e. The number of rotatable bonds is 3. The first-order chi connectivity index (χ1) is 6.14. The number of aliphatic hydroxyl groups excluding tert-OH is 1. The van der Waals surface area contributed by atoms with Gasteiger partial charge in [-0.05, 0) is 18.1 Å². The first kappa shape index (κ1) is 12.3. The molecule has 0 fully saturated rings. The minimum atomic E-state index is -1.41. The van der Waals surface area contributed by atoms with E-state index in [2.05, 4.69) is 38.2 Å². The number of terminal acetylenes is 1. The van der Waals surface area contributed by atoms with E-state index < -0.39 is 14.2 Å². The normalized spacial score (nSPS) is 12.5. The average Bonchev–Trinajstić information content (AvgIpc) is 2.20. The van der Waals surface area contributed by atoms with Gasteiger partial charge in [0, 0.05) is 0 Å². The highest BCUT2D eigenvalue weighted by atomic mass is 28.3. The summed E-state index contributed by atoms with van der Waals surface area (Å²) < 4.78 is 0. The summed E-state index contributed by atoms with van der Waals surface area (Å²) in [7, 11) is -1.41. The van der Waals surface area contributed by atoms with E-state index in [1.54, 1.807) is 0 Å². The van der Waals surface area contributed by atoms with Crippen molar-refractivity contribution in [1.82, 2.24) is 0 Å². The van der Waals surface area contributed by atoms with Gasteiger partial charge in [0.25, 0.3) is 0 Å². The van der Waals surface area contributed by atoms with E-state index in [0.29, 0.717) is 0 Å². The Morgan fingerprint density at radius 1 is 1.23 bits per heavy atom. The predicted octanol–water partition coefficient (Wildman–Crippen LogP) is 2.03. The minimum absolute atomic E-state index is 0.878. The van der Waals surface area contributed by atoms with Crippen LogP contribution < -0.4 is 0 Å². The molecule has 0 amide bonds. The molecule has 0 bridgehead atoms. The van der Waals surface area contributed by atoms with Crippen LogP contribution in [-0.2, 0) is 0 Å². The summed E-state index contributed by atoms with van der Waals surface area (Å²) in [4.78, 5) is 0. The molecule has 0 aliphatic heterocycles. The summed E-state index contributed by atoms with van der Waals surface area (Å²) in [5.74, 6) is 4.97. The fourth-order valence-electron chi connectivity index (χ4n) is 1.28. The molecular formula is C11H18OSi. The van der Waals surface area contributed by atoms with Gasteiger partial charge in [0.15, 0.2) is 6.10 Å². The van der Waals surface area contributed by atoms with Gasteiger partial charge < -0.3 is 5.11 Å². The van der Waals surface area contributed by atoms with E-state index in [9.17, 15) is 0 Å². The molecule has 13 heavy (non-hydrogen) atoms. The van der Waals surface area contributed by atoms with E-state index >= 15 is 0 Å². The monoisotopic (exact) mass is 194 g/mol. The van der Waals surface area contributed by atoms with Crippen LogP contribution in [0, 0.1) is 23.8 Å². The second-order valence-electron chi connectivity index (χ2n) is 3.18. The molecule has 0 aromatic rings. The largest absolute Gasteiger partial charge is 0.369 e. The van der Waals surface area contributed by atoms with Crippen LogP contribution in [0.3, 0.4) is 0 Å². The van der Waals surface area contributed by atoms with E-state index in [-0.39, 0.29) is 0 Å². The summed E-state index contributed by atoms with van der Waals surface area (Å²) in [6, 6.07) is 3.43. The Hall–Kier alpha value is -0.703. The molecule has 0 aliphatic rings. The maximum atomic E-state index is 9.12. The molecule has 0 aromatic heterocycles. The summed E-state index contributed by atoms with van der Waals surface area (Å²) in [5.41, 5.74) is 3.23. The summed E-state index contributed by atoms with van der Waals surface area (Å²) >= 11 is 0. The van der Waals surface area contributed by atoms with Crippen molar-refractivity contribution in [2.45, 2.75) is 45.0 Å². The molecule has 1 atom stereocenters. The molecule has 2 heteroatoms. The highest BCUT2D eigenvalue weighted by Gasteiger charge is 2.24. The number of hydrogen-bond donors (Lipinski definition) is 1. The second-order valence-corrected chi connectivity index (χ2v) is 8.11. The molecule has 1 nitrogen and oxygen atoms in total. The molecule has 0 radical (unpaired) electrons. The number of hydrogen-bond acceptors (Lipinski definition) is 1. The van der Waals surface area contributed by atoms with E-state index in [1.165, 1.54) is 0 Å². The lowest BCUT2D eigenvalue weighted by molar-refractivity contribution is 0.290. The van der Waals surface area contributed by atoms with Crippen LogP contribution in [0.25, 0.3) is 0 Å². The van der Waals surface area contributed by atoms with Crippen LogP contribution in [0.2, 0.25) is 18.1 Å². The molecule has 0 unspecified atom stereocenters. The third-order valence-electron chi connectivity index (χ3n) is 2.66. The lowest BCUT2D eigenvalue weighted by atomic mass is 10.4. The Balaban J connectivity index is 4.57. The van der Waals surface area contributed by atoms with Gasteiger partial charge in [-0.25, -0.2) is 0 Å². The van der Waals surface area contributed by atoms with E-state index in [4.69, 9.17) is 11.5 Å². The quantitative estimate of drug-likeness (QED) is 0.538. The van der Waals surface area contributed by atoms with Gasteiger partial charge >= 0.3 is 0 Å². The lowest BCUT2D eigenvalue weighted by Crippen LogP contribution is -2.29. The van der Waals surface area contributed by atoms with E-state index in [0.717, 1.165) is 18.1 Å². The lowest BCUT2D eigenvalue weighted by Gasteiger charge is -2.20. The summed E-state index contributed by atoms with van der Waals surface area (Å²) in [5, 5.41) is 9.12. The Morgan fingerprint density at radius 3 is 2.00 bits per heavy atom. The zero-order chi connectivity index (χ0) is 10.3. The third-order valence-corrected chi connectivity index (χ3v) is 7.40. The highest BCUT2D eigenvalue weighted by molar-refractivity contribution is 6.87.